The zero-order valence-corrected chi connectivity index (χ0v) is 16.3. The maximum absolute atomic E-state index is 13.3. The van der Waals surface area contributed by atoms with Gasteiger partial charge in [0.1, 0.15) is 18.7 Å². The minimum absolute atomic E-state index is 0.0401. The Hall–Kier alpha value is -1.73. The third kappa shape index (κ3) is 4.15. The van der Waals surface area contributed by atoms with Gasteiger partial charge in [0.05, 0.1) is 11.7 Å². The molecule has 0 bridgehead atoms. The van der Waals surface area contributed by atoms with Crippen LogP contribution in [0.15, 0.2) is 16.8 Å². The van der Waals surface area contributed by atoms with E-state index in [1.165, 1.54) is 11.3 Å². The molecule has 2 aliphatic heterocycles. The van der Waals surface area contributed by atoms with Crippen LogP contribution in [0.3, 0.4) is 0 Å². The molecule has 2 amide bonds. The average Bonchev–Trinajstić information content (AvgIpc) is 3.22. The Kier molecular flexibility index (Phi) is 5.48. The quantitative estimate of drug-likeness (QED) is 0.872. The SMILES string of the molecule is CC(C)(C)CC(NC(=O)c1ccsc1)C(=O)N1CCCC2OCC(=O)C21. The van der Waals surface area contributed by atoms with Crippen molar-refractivity contribution in [3.05, 3.63) is 22.4 Å². The lowest BCUT2D eigenvalue weighted by Gasteiger charge is -2.38. The topological polar surface area (TPSA) is 75.7 Å². The lowest BCUT2D eigenvalue weighted by Crippen LogP contribution is -2.58. The summed E-state index contributed by atoms with van der Waals surface area (Å²) in [5, 5.41) is 6.49. The monoisotopic (exact) mass is 378 g/mol. The number of hydrogen-bond donors (Lipinski definition) is 1. The summed E-state index contributed by atoms with van der Waals surface area (Å²) in [4.78, 5) is 39.7. The first-order chi connectivity index (χ1) is 12.3. The molecule has 7 heteroatoms. The largest absolute Gasteiger partial charge is 0.368 e. The molecular weight excluding hydrogens is 352 g/mol. The number of thiophene rings is 1. The van der Waals surface area contributed by atoms with Crippen LogP contribution in [-0.2, 0) is 14.3 Å². The van der Waals surface area contributed by atoms with Gasteiger partial charge in [-0.25, -0.2) is 0 Å². The van der Waals surface area contributed by atoms with E-state index in [-0.39, 0.29) is 35.7 Å². The number of carbonyl (C=O) groups excluding carboxylic acids is 3. The number of carbonyl (C=O) groups is 3. The van der Waals surface area contributed by atoms with Crippen molar-refractivity contribution in [2.45, 2.75) is 58.2 Å². The third-order valence-electron chi connectivity index (χ3n) is 4.83. The van der Waals surface area contributed by atoms with Crippen molar-refractivity contribution in [2.24, 2.45) is 5.41 Å². The van der Waals surface area contributed by atoms with Crippen LogP contribution in [0.5, 0.6) is 0 Å². The number of ketones is 1. The Morgan fingerprint density at radius 1 is 1.42 bits per heavy atom. The van der Waals surface area contributed by atoms with Gasteiger partial charge in [0.25, 0.3) is 5.91 Å². The van der Waals surface area contributed by atoms with Crippen molar-refractivity contribution < 1.29 is 19.1 Å². The van der Waals surface area contributed by atoms with E-state index in [1.807, 2.05) is 26.2 Å². The van der Waals surface area contributed by atoms with Crippen molar-refractivity contribution >= 4 is 28.9 Å². The number of ether oxygens (including phenoxy) is 1. The summed E-state index contributed by atoms with van der Waals surface area (Å²) in [7, 11) is 0. The van der Waals surface area contributed by atoms with Crippen LogP contribution in [0, 0.1) is 5.41 Å². The molecule has 2 aliphatic rings. The average molecular weight is 378 g/mol. The van der Waals surface area contributed by atoms with Crippen molar-refractivity contribution in [3.63, 3.8) is 0 Å². The van der Waals surface area contributed by atoms with Gasteiger partial charge in [-0.1, -0.05) is 20.8 Å². The number of likely N-dealkylation sites (tertiary alicyclic amines) is 1. The third-order valence-corrected chi connectivity index (χ3v) is 5.51. The summed E-state index contributed by atoms with van der Waals surface area (Å²) in [6, 6.07) is 0.579. The summed E-state index contributed by atoms with van der Waals surface area (Å²) in [6.07, 6.45) is 1.90. The highest BCUT2D eigenvalue weighted by atomic mass is 32.1. The number of amides is 2. The lowest BCUT2D eigenvalue weighted by molar-refractivity contribution is -0.143. The molecule has 0 spiro atoms. The minimum Gasteiger partial charge on any atom is -0.368 e. The second-order valence-corrected chi connectivity index (χ2v) is 9.02. The number of nitrogens with zero attached hydrogens (tertiary/aromatic N) is 1. The lowest BCUT2D eigenvalue weighted by atomic mass is 9.86. The number of hydrogen-bond acceptors (Lipinski definition) is 5. The molecule has 142 valence electrons. The van der Waals surface area contributed by atoms with Crippen LogP contribution >= 0.6 is 11.3 Å². The molecule has 2 fully saturated rings. The van der Waals surface area contributed by atoms with Gasteiger partial charge in [0, 0.05) is 11.9 Å². The van der Waals surface area contributed by atoms with Crippen LogP contribution in [-0.4, -0.2) is 53.8 Å². The van der Waals surface area contributed by atoms with Gasteiger partial charge < -0.3 is 15.0 Å². The summed E-state index contributed by atoms with van der Waals surface area (Å²) in [5.74, 6) is -0.477. The summed E-state index contributed by atoms with van der Waals surface area (Å²) >= 11 is 1.44. The normalized spacial score (nSPS) is 24.3. The Bertz CT molecular complexity index is 680. The van der Waals surface area contributed by atoms with Crippen LogP contribution < -0.4 is 5.32 Å². The van der Waals surface area contributed by atoms with Crippen molar-refractivity contribution in [1.82, 2.24) is 10.2 Å². The fourth-order valence-corrected chi connectivity index (χ4v) is 4.32. The Balaban J connectivity index is 1.79. The summed E-state index contributed by atoms with van der Waals surface area (Å²) < 4.78 is 5.54. The highest BCUT2D eigenvalue weighted by Crippen LogP contribution is 2.29. The van der Waals surface area contributed by atoms with E-state index >= 15 is 0 Å². The van der Waals surface area contributed by atoms with E-state index in [2.05, 4.69) is 5.32 Å². The fraction of sp³-hybridized carbons (Fsp3) is 0.632. The van der Waals surface area contributed by atoms with Gasteiger partial charge >= 0.3 is 0 Å². The Labute approximate surface area is 157 Å². The standard InChI is InChI=1S/C19H26N2O4S/c1-19(2,3)9-13(20-17(23)12-6-8-26-11-12)18(24)21-7-4-5-15-16(21)14(22)10-25-15/h6,8,11,13,15-16H,4-5,7,9-10H2,1-3H3,(H,20,23). The molecule has 1 aromatic rings. The first-order valence-corrected chi connectivity index (χ1v) is 9.98. The predicted molar refractivity (Wildman–Crippen MR) is 99.1 cm³/mol. The van der Waals surface area contributed by atoms with Gasteiger partial charge in [-0.2, -0.15) is 11.3 Å². The molecule has 0 aliphatic carbocycles. The summed E-state index contributed by atoms with van der Waals surface area (Å²) in [6.45, 7) is 6.71. The number of nitrogens with one attached hydrogen (secondary N) is 1. The van der Waals surface area contributed by atoms with Crippen LogP contribution in [0.2, 0.25) is 0 Å². The van der Waals surface area contributed by atoms with E-state index in [0.29, 0.717) is 18.5 Å². The van der Waals surface area contributed by atoms with Gasteiger partial charge in [-0.05, 0) is 36.1 Å². The maximum Gasteiger partial charge on any atom is 0.252 e. The molecule has 1 aromatic heterocycles. The van der Waals surface area contributed by atoms with E-state index < -0.39 is 12.1 Å². The van der Waals surface area contributed by atoms with Crippen molar-refractivity contribution in [3.8, 4) is 0 Å². The van der Waals surface area contributed by atoms with Gasteiger partial charge in [0.2, 0.25) is 5.91 Å². The molecule has 3 rings (SSSR count). The highest BCUT2D eigenvalue weighted by Gasteiger charge is 2.46. The second-order valence-electron chi connectivity index (χ2n) is 8.24. The van der Waals surface area contributed by atoms with Gasteiger partial charge in [0.15, 0.2) is 5.78 Å². The van der Waals surface area contributed by atoms with Gasteiger partial charge in [-0.15, -0.1) is 0 Å². The minimum atomic E-state index is -0.658. The predicted octanol–water partition coefficient (Wildman–Crippen LogP) is 2.24. The van der Waals surface area contributed by atoms with E-state index in [9.17, 15) is 14.4 Å². The molecule has 3 unspecified atom stereocenters. The molecule has 3 atom stereocenters. The van der Waals surface area contributed by atoms with Gasteiger partial charge in [-0.3, -0.25) is 14.4 Å². The van der Waals surface area contributed by atoms with E-state index in [0.717, 1.165) is 12.8 Å². The smallest absolute Gasteiger partial charge is 0.252 e. The second kappa shape index (κ2) is 7.48. The Morgan fingerprint density at radius 3 is 2.85 bits per heavy atom. The summed E-state index contributed by atoms with van der Waals surface area (Å²) in [5.41, 5.74) is 0.409. The van der Waals surface area contributed by atoms with Crippen molar-refractivity contribution in [1.29, 1.82) is 0 Å². The zero-order chi connectivity index (χ0) is 18.9. The molecule has 26 heavy (non-hydrogen) atoms. The van der Waals surface area contributed by atoms with E-state index in [4.69, 9.17) is 4.74 Å². The zero-order valence-electron chi connectivity index (χ0n) is 15.5. The highest BCUT2D eigenvalue weighted by molar-refractivity contribution is 7.08. The van der Waals surface area contributed by atoms with Crippen molar-refractivity contribution in [2.75, 3.05) is 13.2 Å². The first-order valence-electron chi connectivity index (χ1n) is 9.04. The molecule has 3 heterocycles. The maximum atomic E-state index is 13.3. The van der Waals surface area contributed by atoms with E-state index in [1.54, 1.807) is 16.3 Å². The molecule has 0 aromatic carbocycles. The van der Waals surface area contributed by atoms with Crippen LogP contribution in [0.4, 0.5) is 0 Å². The van der Waals surface area contributed by atoms with Crippen LogP contribution in [0.25, 0.3) is 0 Å². The molecular formula is C19H26N2O4S. The van der Waals surface area contributed by atoms with Crippen LogP contribution in [0.1, 0.15) is 50.4 Å². The molecule has 6 nitrogen and oxygen atoms in total. The molecule has 2 saturated heterocycles. The fourth-order valence-electron chi connectivity index (χ4n) is 3.69. The Morgan fingerprint density at radius 2 is 2.19 bits per heavy atom. The molecule has 0 saturated carbocycles. The number of rotatable bonds is 4. The first kappa shape index (κ1) is 19.0. The number of piperidine rings is 1. The molecule has 0 radical (unpaired) electrons. The number of fused-ring (bicyclic) bond motifs is 1. The molecule has 1 N–H and O–H groups in total. The number of Topliss-reactive ketones (excluding diaryl/α,β-unsaturated/α-hetero) is 1.